The number of nitrogens with one attached hydrogen (secondary N) is 2. The Morgan fingerprint density at radius 2 is 2.16 bits per heavy atom. The van der Waals surface area contributed by atoms with Gasteiger partial charge >= 0.3 is 0 Å². The normalized spacial score (nSPS) is 13.7. The molecule has 4 heterocycles. The smallest absolute Gasteiger partial charge is 0.261 e. The van der Waals surface area contributed by atoms with Crippen LogP contribution in [-0.4, -0.2) is 32.9 Å². The summed E-state index contributed by atoms with van der Waals surface area (Å²) < 4.78 is 10.9. The van der Waals surface area contributed by atoms with Gasteiger partial charge in [0.15, 0.2) is 5.82 Å². The van der Waals surface area contributed by atoms with Gasteiger partial charge < -0.3 is 14.6 Å². The fourth-order valence-corrected chi connectivity index (χ4v) is 4.17. The molecule has 1 aliphatic rings. The van der Waals surface area contributed by atoms with Crippen molar-refractivity contribution in [3.63, 3.8) is 0 Å². The number of hydrogen-bond donors (Lipinski definition) is 2. The Kier molecular flexibility index (Phi) is 3.89. The van der Waals surface area contributed by atoms with Crippen molar-refractivity contribution in [1.29, 1.82) is 0 Å². The van der Waals surface area contributed by atoms with Crippen LogP contribution >= 0.6 is 11.3 Å². The Morgan fingerprint density at radius 3 is 2.84 bits per heavy atom. The molecule has 0 bridgehead atoms. The number of fused-ring (bicyclic) bond motifs is 1. The van der Waals surface area contributed by atoms with Crippen molar-refractivity contribution in [3.05, 3.63) is 33.2 Å². The topological polar surface area (TPSA) is 106 Å². The van der Waals surface area contributed by atoms with Gasteiger partial charge in [0.05, 0.1) is 30.0 Å². The Labute approximate surface area is 147 Å². The van der Waals surface area contributed by atoms with E-state index in [0.29, 0.717) is 41.2 Å². The number of amides is 1. The lowest BCUT2D eigenvalue weighted by Gasteiger charge is -2.12. The lowest BCUT2D eigenvalue weighted by molar-refractivity contribution is 0.102. The van der Waals surface area contributed by atoms with Crippen LogP contribution in [-0.2, 0) is 17.8 Å². The summed E-state index contributed by atoms with van der Waals surface area (Å²) in [6.45, 7) is 6.56. The van der Waals surface area contributed by atoms with Gasteiger partial charge in [-0.25, -0.2) is 0 Å². The number of H-pyrrole nitrogens is 1. The average Bonchev–Trinajstić information content (AvgIpc) is 3.24. The number of carbonyl (C=O) groups excluding carboxylic acids is 1. The van der Waals surface area contributed by atoms with Crippen molar-refractivity contribution < 1.29 is 14.1 Å². The molecule has 0 aromatic carbocycles. The Hall–Kier alpha value is -2.52. The van der Waals surface area contributed by atoms with Crippen LogP contribution in [0, 0.1) is 20.8 Å². The number of hydrogen-bond acceptors (Lipinski definition) is 7. The SMILES string of the molecule is Cc1noc(-c2c(NC(=O)c3c(C)n[nH]c3C)sc3c2CCOC3)n1. The van der Waals surface area contributed by atoms with Crippen LogP contribution in [0.2, 0.25) is 0 Å². The number of rotatable bonds is 3. The molecule has 0 spiro atoms. The zero-order valence-electron chi connectivity index (χ0n) is 14.1. The largest absolute Gasteiger partial charge is 0.376 e. The monoisotopic (exact) mass is 359 g/mol. The molecule has 9 heteroatoms. The molecule has 0 aliphatic carbocycles. The van der Waals surface area contributed by atoms with Gasteiger partial charge in [-0.3, -0.25) is 9.89 Å². The minimum Gasteiger partial charge on any atom is -0.376 e. The van der Waals surface area contributed by atoms with Crippen LogP contribution in [0.15, 0.2) is 4.52 Å². The molecule has 0 fully saturated rings. The molecular weight excluding hydrogens is 342 g/mol. The molecule has 0 radical (unpaired) electrons. The van der Waals surface area contributed by atoms with Crippen LogP contribution in [0.4, 0.5) is 5.00 Å². The van der Waals surface area contributed by atoms with E-state index < -0.39 is 0 Å². The Balaban J connectivity index is 1.77. The van der Waals surface area contributed by atoms with Gasteiger partial charge in [-0.1, -0.05) is 5.16 Å². The highest BCUT2D eigenvalue weighted by Gasteiger charge is 2.27. The van der Waals surface area contributed by atoms with E-state index in [1.165, 1.54) is 11.3 Å². The van der Waals surface area contributed by atoms with Crippen molar-refractivity contribution >= 4 is 22.2 Å². The number of ether oxygens (including phenoxy) is 1. The summed E-state index contributed by atoms with van der Waals surface area (Å²) in [7, 11) is 0. The quantitative estimate of drug-likeness (QED) is 0.745. The van der Waals surface area contributed by atoms with E-state index >= 15 is 0 Å². The number of aromatic nitrogens is 4. The second-order valence-corrected chi connectivity index (χ2v) is 7.03. The third kappa shape index (κ3) is 2.75. The third-order valence-corrected chi connectivity index (χ3v) is 5.26. The third-order valence-electron chi connectivity index (χ3n) is 4.14. The summed E-state index contributed by atoms with van der Waals surface area (Å²) in [5.74, 6) is 0.773. The second kappa shape index (κ2) is 6.08. The Morgan fingerprint density at radius 1 is 1.32 bits per heavy atom. The molecule has 0 unspecified atom stereocenters. The van der Waals surface area contributed by atoms with Crippen LogP contribution < -0.4 is 5.32 Å². The molecule has 8 nitrogen and oxygen atoms in total. The molecule has 3 aromatic rings. The second-order valence-electron chi connectivity index (χ2n) is 5.92. The molecule has 0 atom stereocenters. The van der Waals surface area contributed by atoms with Gasteiger partial charge in [0.25, 0.3) is 11.8 Å². The highest BCUT2D eigenvalue weighted by atomic mass is 32.1. The molecule has 2 N–H and O–H groups in total. The lowest BCUT2D eigenvalue weighted by atomic mass is 10.1. The van der Waals surface area contributed by atoms with Gasteiger partial charge in [-0.15, -0.1) is 11.3 Å². The van der Waals surface area contributed by atoms with E-state index in [4.69, 9.17) is 9.26 Å². The first-order valence-electron chi connectivity index (χ1n) is 7.90. The first kappa shape index (κ1) is 16.0. The molecule has 25 heavy (non-hydrogen) atoms. The summed E-state index contributed by atoms with van der Waals surface area (Å²) in [5.41, 5.74) is 3.85. The molecule has 4 rings (SSSR count). The fraction of sp³-hybridized carbons (Fsp3) is 0.375. The highest BCUT2D eigenvalue weighted by Crippen LogP contribution is 2.42. The van der Waals surface area contributed by atoms with Crippen molar-refractivity contribution in [2.75, 3.05) is 11.9 Å². The van der Waals surface area contributed by atoms with E-state index in [1.807, 2.05) is 6.92 Å². The molecule has 0 saturated carbocycles. The molecule has 3 aromatic heterocycles. The van der Waals surface area contributed by atoms with E-state index in [-0.39, 0.29) is 5.91 Å². The number of aromatic amines is 1. The highest BCUT2D eigenvalue weighted by molar-refractivity contribution is 7.17. The maximum absolute atomic E-state index is 12.8. The standard InChI is InChI=1S/C16H17N5O3S/c1-7-12(8(2)20-19-7)14(22)18-16-13(15-17-9(3)21-24-15)10-4-5-23-6-11(10)25-16/h4-6H2,1-3H3,(H,18,22)(H,19,20). The minimum absolute atomic E-state index is 0.208. The van der Waals surface area contributed by atoms with Crippen molar-refractivity contribution in [3.8, 4) is 11.5 Å². The number of carbonyl (C=O) groups is 1. The number of anilines is 1. The van der Waals surface area contributed by atoms with E-state index in [0.717, 1.165) is 28.1 Å². The molecule has 1 aliphatic heterocycles. The van der Waals surface area contributed by atoms with Crippen LogP contribution in [0.25, 0.3) is 11.5 Å². The lowest BCUT2D eigenvalue weighted by Crippen LogP contribution is -2.13. The van der Waals surface area contributed by atoms with Crippen molar-refractivity contribution in [1.82, 2.24) is 20.3 Å². The van der Waals surface area contributed by atoms with E-state index in [2.05, 4.69) is 25.7 Å². The number of nitrogens with zero attached hydrogens (tertiary/aromatic N) is 3. The molecule has 130 valence electrons. The van der Waals surface area contributed by atoms with Crippen LogP contribution in [0.3, 0.4) is 0 Å². The summed E-state index contributed by atoms with van der Waals surface area (Å²) in [6.07, 6.45) is 0.752. The summed E-state index contributed by atoms with van der Waals surface area (Å²) >= 11 is 1.49. The van der Waals surface area contributed by atoms with Crippen LogP contribution in [0.1, 0.15) is 38.0 Å². The van der Waals surface area contributed by atoms with Gasteiger partial charge in [-0.2, -0.15) is 10.1 Å². The summed E-state index contributed by atoms with van der Waals surface area (Å²) in [5, 5.41) is 14.5. The van der Waals surface area contributed by atoms with Gasteiger partial charge in [0.1, 0.15) is 5.00 Å². The molecule has 1 amide bonds. The van der Waals surface area contributed by atoms with E-state index in [9.17, 15) is 4.79 Å². The fourth-order valence-electron chi connectivity index (χ4n) is 3.00. The number of aryl methyl sites for hydroxylation is 3. The molecule has 0 saturated heterocycles. The number of thiophene rings is 1. The first-order chi connectivity index (χ1) is 12.0. The zero-order chi connectivity index (χ0) is 17.6. The van der Waals surface area contributed by atoms with Crippen molar-refractivity contribution in [2.24, 2.45) is 0 Å². The van der Waals surface area contributed by atoms with Gasteiger partial charge in [0, 0.05) is 10.6 Å². The van der Waals surface area contributed by atoms with Gasteiger partial charge in [-0.05, 0) is 32.8 Å². The van der Waals surface area contributed by atoms with Gasteiger partial charge in [0.2, 0.25) is 0 Å². The summed E-state index contributed by atoms with van der Waals surface area (Å²) in [4.78, 5) is 18.2. The average molecular weight is 359 g/mol. The predicted octanol–water partition coefficient (Wildman–Crippen LogP) is 2.77. The predicted molar refractivity (Wildman–Crippen MR) is 91.7 cm³/mol. The Bertz CT molecular complexity index is 936. The maximum Gasteiger partial charge on any atom is 0.261 e. The van der Waals surface area contributed by atoms with Crippen molar-refractivity contribution in [2.45, 2.75) is 33.8 Å². The molecular formula is C16H17N5O3S. The first-order valence-corrected chi connectivity index (χ1v) is 8.72. The maximum atomic E-state index is 12.8. The summed E-state index contributed by atoms with van der Waals surface area (Å²) in [6, 6.07) is 0. The minimum atomic E-state index is -0.208. The van der Waals surface area contributed by atoms with Crippen LogP contribution in [0.5, 0.6) is 0 Å². The zero-order valence-corrected chi connectivity index (χ0v) is 14.9. The van der Waals surface area contributed by atoms with E-state index in [1.54, 1.807) is 13.8 Å².